The van der Waals surface area contributed by atoms with Crippen molar-refractivity contribution in [3.8, 4) is 0 Å². The predicted octanol–water partition coefficient (Wildman–Crippen LogP) is 0.933. The van der Waals surface area contributed by atoms with E-state index in [4.69, 9.17) is 16.7 Å². The summed E-state index contributed by atoms with van der Waals surface area (Å²) in [6.07, 6.45) is 0.886. The monoisotopic (exact) mass is 229 g/mol. The highest BCUT2D eigenvalue weighted by molar-refractivity contribution is 6.29. The lowest BCUT2D eigenvalue weighted by Crippen LogP contribution is -2.14. The Hall–Kier alpha value is -1.69. The summed E-state index contributed by atoms with van der Waals surface area (Å²) in [6.45, 7) is 0. The largest absolute Gasteiger partial charge is 0.481 e. The Balaban J connectivity index is 2.48. The molecule has 0 fully saturated rings. The van der Waals surface area contributed by atoms with E-state index in [1.807, 2.05) is 0 Å². The molecule has 1 aromatic heterocycles. The number of anilines is 1. The molecule has 0 aliphatic heterocycles. The minimum absolute atomic E-state index is 0.100. The van der Waals surface area contributed by atoms with Gasteiger partial charge >= 0.3 is 5.97 Å². The van der Waals surface area contributed by atoms with Gasteiger partial charge in [-0.15, -0.1) is 0 Å². The van der Waals surface area contributed by atoms with Crippen molar-refractivity contribution in [2.45, 2.75) is 12.8 Å². The van der Waals surface area contributed by atoms with Crippen molar-refractivity contribution >= 4 is 29.3 Å². The number of hydrogen-bond acceptors (Lipinski definition) is 4. The maximum Gasteiger partial charge on any atom is 0.303 e. The Morgan fingerprint density at radius 2 is 2.13 bits per heavy atom. The van der Waals surface area contributed by atoms with E-state index in [-0.39, 0.29) is 23.8 Å². The highest BCUT2D eigenvalue weighted by Crippen LogP contribution is 2.08. The summed E-state index contributed by atoms with van der Waals surface area (Å²) in [4.78, 5) is 28.7. The molecule has 7 heteroatoms. The molecule has 0 aromatic carbocycles. The summed E-state index contributed by atoms with van der Waals surface area (Å²) in [5, 5.41) is 11.0. The van der Waals surface area contributed by atoms with Crippen molar-refractivity contribution in [2.24, 2.45) is 0 Å². The van der Waals surface area contributed by atoms with Crippen LogP contribution in [0.4, 0.5) is 5.82 Å². The quantitative estimate of drug-likeness (QED) is 0.750. The molecule has 1 rings (SSSR count). The van der Waals surface area contributed by atoms with Crippen molar-refractivity contribution in [2.75, 3.05) is 5.32 Å². The van der Waals surface area contributed by atoms with E-state index in [2.05, 4.69) is 15.3 Å². The Morgan fingerprint density at radius 1 is 1.40 bits per heavy atom. The number of carbonyl (C=O) groups excluding carboxylic acids is 1. The van der Waals surface area contributed by atoms with Gasteiger partial charge in [0.25, 0.3) is 0 Å². The molecule has 0 aliphatic carbocycles. The number of aromatic nitrogens is 2. The molecule has 0 atom stereocenters. The van der Waals surface area contributed by atoms with Crippen molar-refractivity contribution in [3.05, 3.63) is 17.5 Å². The Kier molecular flexibility index (Phi) is 3.99. The van der Waals surface area contributed by atoms with E-state index >= 15 is 0 Å². The molecular formula is C8H8ClN3O3. The first-order chi connectivity index (χ1) is 7.08. The summed E-state index contributed by atoms with van der Waals surface area (Å²) in [5.41, 5.74) is 0. The van der Waals surface area contributed by atoms with Gasteiger partial charge in [0, 0.05) is 12.5 Å². The Morgan fingerprint density at radius 3 is 2.73 bits per heavy atom. The number of rotatable bonds is 4. The number of hydrogen-bond donors (Lipinski definition) is 2. The molecule has 1 amide bonds. The molecule has 0 saturated carbocycles. The number of carboxylic acid groups (broad SMARTS) is 1. The number of nitrogens with one attached hydrogen (secondary N) is 1. The predicted molar refractivity (Wildman–Crippen MR) is 52.5 cm³/mol. The number of carboxylic acids is 1. The number of aliphatic carboxylic acids is 1. The summed E-state index contributed by atoms with van der Waals surface area (Å²) < 4.78 is 0. The van der Waals surface area contributed by atoms with Crippen LogP contribution >= 0.6 is 11.6 Å². The second-order valence-corrected chi connectivity index (χ2v) is 3.06. The van der Waals surface area contributed by atoms with E-state index in [0.29, 0.717) is 0 Å². The van der Waals surface area contributed by atoms with Crippen molar-refractivity contribution in [1.82, 2.24) is 9.97 Å². The van der Waals surface area contributed by atoms with E-state index in [1.165, 1.54) is 12.4 Å². The zero-order valence-electron chi connectivity index (χ0n) is 7.61. The molecule has 2 N–H and O–H groups in total. The van der Waals surface area contributed by atoms with Crippen LogP contribution in [-0.4, -0.2) is 27.0 Å². The summed E-state index contributed by atoms with van der Waals surface area (Å²) >= 11 is 5.56. The highest BCUT2D eigenvalue weighted by atomic mass is 35.5. The third kappa shape index (κ3) is 4.37. The first-order valence-electron chi connectivity index (χ1n) is 4.07. The highest BCUT2D eigenvalue weighted by Gasteiger charge is 2.06. The first-order valence-corrected chi connectivity index (χ1v) is 4.45. The van der Waals surface area contributed by atoms with Crippen molar-refractivity contribution in [3.63, 3.8) is 0 Å². The van der Waals surface area contributed by atoms with Gasteiger partial charge in [-0.3, -0.25) is 9.59 Å². The summed E-state index contributed by atoms with van der Waals surface area (Å²) in [6, 6.07) is 1.38. The number of carbonyl (C=O) groups is 2. The van der Waals surface area contributed by atoms with Crippen LogP contribution in [-0.2, 0) is 9.59 Å². The molecule has 0 radical (unpaired) electrons. The van der Waals surface area contributed by atoms with Crippen LogP contribution in [0.15, 0.2) is 12.4 Å². The fourth-order valence-electron chi connectivity index (χ4n) is 0.828. The zero-order chi connectivity index (χ0) is 11.3. The molecule has 0 unspecified atom stereocenters. The first kappa shape index (κ1) is 11.4. The standard InChI is InChI=1S/C8H8ClN3O3/c9-5-3-6(11-4-10-5)12-7(13)1-2-8(14)15/h3-4H,1-2H2,(H,14,15)(H,10,11,12,13). The third-order valence-corrected chi connectivity index (χ3v) is 1.67. The topological polar surface area (TPSA) is 92.2 Å². The molecule has 1 heterocycles. The van der Waals surface area contributed by atoms with E-state index in [9.17, 15) is 9.59 Å². The Labute approximate surface area is 90.3 Å². The number of amides is 1. The maximum atomic E-state index is 11.2. The van der Waals surface area contributed by atoms with Crippen molar-refractivity contribution < 1.29 is 14.7 Å². The van der Waals surface area contributed by atoms with Gasteiger partial charge in [0.15, 0.2) is 0 Å². The van der Waals surface area contributed by atoms with Crippen LogP contribution in [0.5, 0.6) is 0 Å². The van der Waals surface area contributed by atoms with Gasteiger partial charge in [0.05, 0.1) is 6.42 Å². The van der Waals surface area contributed by atoms with Crippen LogP contribution in [0, 0.1) is 0 Å². The Bertz CT molecular complexity index is 383. The van der Waals surface area contributed by atoms with Gasteiger partial charge in [-0.25, -0.2) is 9.97 Å². The molecule has 0 bridgehead atoms. The fraction of sp³-hybridized carbons (Fsp3) is 0.250. The number of nitrogens with zero attached hydrogens (tertiary/aromatic N) is 2. The van der Waals surface area contributed by atoms with Gasteiger partial charge in [-0.05, 0) is 0 Å². The van der Waals surface area contributed by atoms with E-state index in [0.717, 1.165) is 0 Å². The minimum atomic E-state index is -1.02. The molecular weight excluding hydrogens is 222 g/mol. The lowest BCUT2D eigenvalue weighted by atomic mass is 10.3. The SMILES string of the molecule is O=C(O)CCC(=O)Nc1cc(Cl)ncn1. The van der Waals surface area contributed by atoms with Crippen LogP contribution in [0.25, 0.3) is 0 Å². The van der Waals surface area contributed by atoms with Gasteiger partial charge in [-0.2, -0.15) is 0 Å². The van der Waals surface area contributed by atoms with Crippen molar-refractivity contribution in [1.29, 1.82) is 0 Å². The molecule has 1 aromatic rings. The minimum Gasteiger partial charge on any atom is -0.481 e. The second kappa shape index (κ2) is 5.26. The van der Waals surface area contributed by atoms with Crippen LogP contribution < -0.4 is 5.32 Å². The van der Waals surface area contributed by atoms with Gasteiger partial charge < -0.3 is 10.4 Å². The molecule has 6 nitrogen and oxygen atoms in total. The summed E-state index contributed by atoms with van der Waals surface area (Å²) in [7, 11) is 0. The van der Waals surface area contributed by atoms with Crippen LogP contribution in [0.1, 0.15) is 12.8 Å². The average molecular weight is 230 g/mol. The zero-order valence-corrected chi connectivity index (χ0v) is 8.36. The average Bonchev–Trinajstić information content (AvgIpc) is 2.15. The lowest BCUT2D eigenvalue weighted by molar-refractivity contribution is -0.138. The molecule has 0 aliphatic rings. The van der Waals surface area contributed by atoms with Crippen LogP contribution in [0.3, 0.4) is 0 Å². The normalized spacial score (nSPS) is 9.67. The number of halogens is 1. The molecule has 0 saturated heterocycles. The van der Waals surface area contributed by atoms with Gasteiger partial charge in [0.1, 0.15) is 17.3 Å². The summed E-state index contributed by atoms with van der Waals surface area (Å²) in [5.74, 6) is -1.19. The van der Waals surface area contributed by atoms with Gasteiger partial charge in [0.2, 0.25) is 5.91 Å². The van der Waals surface area contributed by atoms with Crippen LogP contribution in [0.2, 0.25) is 5.15 Å². The second-order valence-electron chi connectivity index (χ2n) is 2.67. The maximum absolute atomic E-state index is 11.2. The molecule has 15 heavy (non-hydrogen) atoms. The van der Waals surface area contributed by atoms with E-state index in [1.54, 1.807) is 0 Å². The smallest absolute Gasteiger partial charge is 0.303 e. The molecule has 0 spiro atoms. The van der Waals surface area contributed by atoms with E-state index < -0.39 is 11.9 Å². The third-order valence-electron chi connectivity index (χ3n) is 1.47. The lowest BCUT2D eigenvalue weighted by Gasteiger charge is -2.02. The molecule has 80 valence electrons. The fourth-order valence-corrected chi connectivity index (χ4v) is 0.975. The van der Waals surface area contributed by atoms with Gasteiger partial charge in [-0.1, -0.05) is 11.6 Å².